The molecule has 0 radical (unpaired) electrons. The second kappa shape index (κ2) is 7.47. The Bertz CT molecular complexity index is 700. The first kappa shape index (κ1) is 16.5. The summed E-state index contributed by atoms with van der Waals surface area (Å²) in [7, 11) is 0. The number of rotatable bonds is 3. The van der Waals surface area contributed by atoms with Gasteiger partial charge in [-0.3, -0.25) is 0 Å². The highest BCUT2D eigenvalue weighted by molar-refractivity contribution is 5.90. The number of hydrogen-bond donors (Lipinski definition) is 2. The van der Waals surface area contributed by atoms with Gasteiger partial charge in [0.2, 0.25) is 0 Å². The molecule has 2 N–H and O–H groups in total. The van der Waals surface area contributed by atoms with E-state index in [0.717, 1.165) is 11.3 Å². The van der Waals surface area contributed by atoms with Crippen molar-refractivity contribution in [2.45, 2.75) is 13.0 Å². The van der Waals surface area contributed by atoms with E-state index in [1.807, 2.05) is 36.4 Å². The molecule has 2 aromatic rings. The van der Waals surface area contributed by atoms with Crippen LogP contribution in [0.5, 0.6) is 0 Å². The normalized spacial score (nSPS) is 17.6. The predicted octanol–water partition coefficient (Wildman–Crippen LogP) is 2.89. The molecule has 5 nitrogen and oxygen atoms in total. The fourth-order valence-corrected chi connectivity index (χ4v) is 2.90. The molecule has 3 rings (SSSR count). The third kappa shape index (κ3) is 3.58. The fourth-order valence-electron chi connectivity index (χ4n) is 2.90. The molecule has 1 unspecified atom stereocenters. The molecule has 0 aliphatic carbocycles. The van der Waals surface area contributed by atoms with Crippen molar-refractivity contribution < 1.29 is 14.6 Å². The molecule has 0 saturated carbocycles. The highest BCUT2D eigenvalue weighted by atomic mass is 16.5. The van der Waals surface area contributed by atoms with E-state index < -0.39 is 0 Å². The summed E-state index contributed by atoms with van der Waals surface area (Å²) in [6.45, 7) is 3.34. The van der Waals surface area contributed by atoms with Crippen molar-refractivity contribution in [2.24, 2.45) is 0 Å². The van der Waals surface area contributed by atoms with Gasteiger partial charge < -0.3 is 20.1 Å². The van der Waals surface area contributed by atoms with Crippen LogP contribution in [0.3, 0.4) is 0 Å². The Morgan fingerprint density at radius 3 is 2.71 bits per heavy atom. The standard InChI is InChI=1S/C19H22N2O3/c1-14-4-2-3-5-18(14)15-6-8-16(9-7-15)20-19(23)21-10-11-24-13-17(21)12-22/h2-9,17,22H,10-13H2,1H3,(H,20,23). The second-order valence-corrected chi connectivity index (χ2v) is 5.93. The minimum Gasteiger partial charge on any atom is -0.394 e. The molecule has 1 aliphatic rings. The van der Waals surface area contributed by atoms with Gasteiger partial charge in [0.15, 0.2) is 0 Å². The number of urea groups is 1. The zero-order valence-electron chi connectivity index (χ0n) is 13.7. The van der Waals surface area contributed by atoms with E-state index in [-0.39, 0.29) is 18.7 Å². The van der Waals surface area contributed by atoms with E-state index in [2.05, 4.69) is 24.4 Å². The molecule has 1 aliphatic heterocycles. The minimum absolute atomic E-state index is 0.0976. The van der Waals surface area contributed by atoms with E-state index in [9.17, 15) is 9.90 Å². The summed E-state index contributed by atoms with van der Waals surface area (Å²) in [5.74, 6) is 0. The lowest BCUT2D eigenvalue weighted by atomic mass is 10.0. The zero-order chi connectivity index (χ0) is 16.9. The highest BCUT2D eigenvalue weighted by Gasteiger charge is 2.26. The lowest BCUT2D eigenvalue weighted by Gasteiger charge is -2.34. The van der Waals surface area contributed by atoms with E-state index in [0.29, 0.717) is 19.8 Å². The summed E-state index contributed by atoms with van der Waals surface area (Å²) in [6.07, 6.45) is 0. The number of aryl methyl sites for hydroxylation is 1. The van der Waals surface area contributed by atoms with Gasteiger partial charge in [0.05, 0.1) is 25.9 Å². The van der Waals surface area contributed by atoms with Crippen LogP contribution in [0.2, 0.25) is 0 Å². The van der Waals surface area contributed by atoms with Gasteiger partial charge in [0.25, 0.3) is 0 Å². The maximum atomic E-state index is 12.4. The Kier molecular flexibility index (Phi) is 5.13. The molecule has 1 atom stereocenters. The van der Waals surface area contributed by atoms with Gasteiger partial charge in [-0.05, 0) is 35.7 Å². The van der Waals surface area contributed by atoms with Crippen LogP contribution in [-0.4, -0.2) is 48.4 Å². The molecule has 0 spiro atoms. The quantitative estimate of drug-likeness (QED) is 0.912. The van der Waals surface area contributed by atoms with Crippen molar-refractivity contribution in [2.75, 3.05) is 31.7 Å². The number of amides is 2. The first-order valence-electron chi connectivity index (χ1n) is 8.11. The maximum absolute atomic E-state index is 12.4. The van der Waals surface area contributed by atoms with Gasteiger partial charge in [0.1, 0.15) is 0 Å². The van der Waals surface area contributed by atoms with Crippen LogP contribution in [-0.2, 0) is 4.74 Å². The van der Waals surface area contributed by atoms with Crippen LogP contribution in [0.1, 0.15) is 5.56 Å². The molecule has 2 aromatic carbocycles. The van der Waals surface area contributed by atoms with Gasteiger partial charge in [0, 0.05) is 12.2 Å². The molecular formula is C19H22N2O3. The van der Waals surface area contributed by atoms with Gasteiger partial charge in [-0.1, -0.05) is 36.4 Å². The lowest BCUT2D eigenvalue weighted by Crippen LogP contribution is -2.52. The van der Waals surface area contributed by atoms with Crippen molar-refractivity contribution in [1.82, 2.24) is 4.90 Å². The van der Waals surface area contributed by atoms with Gasteiger partial charge in [-0.25, -0.2) is 4.79 Å². The number of carbonyl (C=O) groups excluding carboxylic acids is 1. The van der Waals surface area contributed by atoms with Gasteiger partial charge >= 0.3 is 6.03 Å². The van der Waals surface area contributed by atoms with Crippen molar-refractivity contribution >= 4 is 11.7 Å². The van der Waals surface area contributed by atoms with Crippen molar-refractivity contribution in [1.29, 1.82) is 0 Å². The molecule has 5 heteroatoms. The SMILES string of the molecule is Cc1ccccc1-c1ccc(NC(=O)N2CCOCC2CO)cc1. The van der Waals surface area contributed by atoms with Crippen LogP contribution in [0.4, 0.5) is 10.5 Å². The number of morpholine rings is 1. The molecular weight excluding hydrogens is 304 g/mol. The molecule has 1 heterocycles. The molecule has 24 heavy (non-hydrogen) atoms. The highest BCUT2D eigenvalue weighted by Crippen LogP contribution is 2.24. The Balaban J connectivity index is 1.70. The van der Waals surface area contributed by atoms with Crippen LogP contribution in [0.15, 0.2) is 48.5 Å². The van der Waals surface area contributed by atoms with E-state index in [1.165, 1.54) is 11.1 Å². The van der Waals surface area contributed by atoms with Crippen LogP contribution >= 0.6 is 0 Å². The van der Waals surface area contributed by atoms with Crippen LogP contribution < -0.4 is 5.32 Å². The number of carbonyl (C=O) groups is 1. The van der Waals surface area contributed by atoms with Crippen LogP contribution in [0, 0.1) is 6.92 Å². The van der Waals surface area contributed by atoms with Gasteiger partial charge in [-0.2, -0.15) is 0 Å². The average molecular weight is 326 g/mol. The largest absolute Gasteiger partial charge is 0.394 e. The Labute approximate surface area is 141 Å². The Hall–Kier alpha value is -2.37. The molecule has 1 saturated heterocycles. The molecule has 2 amide bonds. The lowest BCUT2D eigenvalue weighted by molar-refractivity contribution is -0.00485. The number of aliphatic hydroxyl groups excluding tert-OH is 1. The topological polar surface area (TPSA) is 61.8 Å². The van der Waals surface area contributed by atoms with Crippen molar-refractivity contribution in [3.8, 4) is 11.1 Å². The van der Waals surface area contributed by atoms with Crippen LogP contribution in [0.25, 0.3) is 11.1 Å². The third-order valence-corrected chi connectivity index (χ3v) is 4.29. The molecule has 126 valence electrons. The van der Waals surface area contributed by atoms with E-state index in [1.54, 1.807) is 4.90 Å². The average Bonchev–Trinajstić information content (AvgIpc) is 2.63. The zero-order valence-corrected chi connectivity index (χ0v) is 13.7. The van der Waals surface area contributed by atoms with Gasteiger partial charge in [-0.15, -0.1) is 0 Å². The first-order valence-corrected chi connectivity index (χ1v) is 8.11. The fraction of sp³-hybridized carbons (Fsp3) is 0.316. The summed E-state index contributed by atoms with van der Waals surface area (Å²) in [6, 6.07) is 15.5. The molecule has 0 bridgehead atoms. The second-order valence-electron chi connectivity index (χ2n) is 5.93. The Morgan fingerprint density at radius 2 is 2.00 bits per heavy atom. The number of nitrogens with one attached hydrogen (secondary N) is 1. The third-order valence-electron chi connectivity index (χ3n) is 4.29. The molecule has 1 fully saturated rings. The summed E-state index contributed by atoms with van der Waals surface area (Å²) in [5, 5.41) is 12.3. The number of hydrogen-bond acceptors (Lipinski definition) is 3. The number of ether oxygens (including phenoxy) is 1. The van der Waals surface area contributed by atoms with E-state index >= 15 is 0 Å². The van der Waals surface area contributed by atoms with E-state index in [4.69, 9.17) is 4.74 Å². The minimum atomic E-state index is -0.287. The predicted molar refractivity (Wildman–Crippen MR) is 94.0 cm³/mol. The summed E-state index contributed by atoms with van der Waals surface area (Å²) in [4.78, 5) is 14.0. The summed E-state index contributed by atoms with van der Waals surface area (Å²) < 4.78 is 5.30. The molecule has 0 aromatic heterocycles. The number of aliphatic hydroxyl groups is 1. The summed E-state index contributed by atoms with van der Waals surface area (Å²) in [5.41, 5.74) is 4.25. The Morgan fingerprint density at radius 1 is 1.25 bits per heavy atom. The first-order chi connectivity index (χ1) is 11.7. The monoisotopic (exact) mass is 326 g/mol. The van der Waals surface area contributed by atoms with Crippen molar-refractivity contribution in [3.05, 3.63) is 54.1 Å². The summed E-state index contributed by atoms with van der Waals surface area (Å²) >= 11 is 0. The number of benzene rings is 2. The maximum Gasteiger partial charge on any atom is 0.322 e. The number of nitrogens with zero attached hydrogens (tertiary/aromatic N) is 1. The smallest absolute Gasteiger partial charge is 0.322 e. The number of anilines is 1. The van der Waals surface area contributed by atoms with Crippen molar-refractivity contribution in [3.63, 3.8) is 0 Å².